The zero-order valence-corrected chi connectivity index (χ0v) is 34.2. The molecule has 3 saturated carbocycles. The Kier molecular flexibility index (Phi) is 18.4. The Morgan fingerprint density at radius 1 is 0.923 bits per heavy atom. The number of rotatable bonds is 21. The van der Waals surface area contributed by atoms with Crippen LogP contribution in [-0.2, 0) is 23.8 Å². The average molecular weight is 728 g/mol. The van der Waals surface area contributed by atoms with Crippen molar-refractivity contribution in [2.45, 2.75) is 177 Å². The molecular weight excluding hydrogens is 647 g/mol. The Labute approximate surface area is 320 Å². The number of nitrogens with zero attached hydrogens (tertiary/aromatic N) is 1. The van der Waals surface area contributed by atoms with Gasteiger partial charge in [0.1, 0.15) is 12.7 Å². The Morgan fingerprint density at radius 2 is 1.71 bits per heavy atom. The number of esters is 2. The molecule has 300 valence electrons. The SMILES string of the molecule is C.CC(=O)OC/C=C\CC(CCCCCO[C@H]1CC[C@@]2(C)C(=CCC3C2CC[C@@]2(C)C3CC[C@@H]2[C@H](C)CCCC(C)C)C1)OC(=O)CCCN(C)C. The van der Waals surface area contributed by atoms with Crippen LogP contribution in [0.2, 0.25) is 0 Å². The molecule has 0 saturated heterocycles. The maximum atomic E-state index is 12.5. The normalized spacial score (nSPS) is 31.0. The van der Waals surface area contributed by atoms with Gasteiger partial charge in [-0.3, -0.25) is 9.59 Å². The van der Waals surface area contributed by atoms with E-state index in [9.17, 15) is 9.59 Å². The van der Waals surface area contributed by atoms with Crippen LogP contribution in [0.3, 0.4) is 0 Å². The second kappa shape index (κ2) is 21.4. The lowest BCUT2D eigenvalue weighted by Crippen LogP contribution is -2.51. The van der Waals surface area contributed by atoms with Crippen molar-refractivity contribution in [3.63, 3.8) is 0 Å². The molecular formula is C46H81NO5. The molecule has 0 heterocycles. The van der Waals surface area contributed by atoms with E-state index < -0.39 is 0 Å². The smallest absolute Gasteiger partial charge is 0.306 e. The van der Waals surface area contributed by atoms with E-state index in [-0.39, 0.29) is 32.1 Å². The number of carbonyl (C=O) groups is 2. The molecule has 6 heteroatoms. The Morgan fingerprint density at radius 3 is 2.44 bits per heavy atom. The van der Waals surface area contributed by atoms with Crippen LogP contribution in [0.15, 0.2) is 23.8 Å². The average Bonchev–Trinajstić information content (AvgIpc) is 3.42. The maximum Gasteiger partial charge on any atom is 0.306 e. The van der Waals surface area contributed by atoms with E-state index >= 15 is 0 Å². The molecule has 4 aliphatic rings. The van der Waals surface area contributed by atoms with Crippen LogP contribution < -0.4 is 0 Å². The van der Waals surface area contributed by atoms with Gasteiger partial charge in [0.25, 0.3) is 0 Å². The van der Waals surface area contributed by atoms with E-state index in [0.29, 0.717) is 29.8 Å². The summed E-state index contributed by atoms with van der Waals surface area (Å²) in [5.74, 6) is 4.87. The van der Waals surface area contributed by atoms with E-state index in [0.717, 1.165) is 87.2 Å². The summed E-state index contributed by atoms with van der Waals surface area (Å²) in [6, 6.07) is 0. The summed E-state index contributed by atoms with van der Waals surface area (Å²) >= 11 is 0. The summed E-state index contributed by atoms with van der Waals surface area (Å²) in [7, 11) is 4.04. The topological polar surface area (TPSA) is 65.1 Å². The molecule has 9 atom stereocenters. The van der Waals surface area contributed by atoms with Gasteiger partial charge in [0, 0.05) is 26.4 Å². The molecule has 0 N–H and O–H groups in total. The van der Waals surface area contributed by atoms with Crippen molar-refractivity contribution in [2.75, 3.05) is 33.9 Å². The Bertz CT molecular complexity index is 1150. The van der Waals surface area contributed by atoms with Crippen molar-refractivity contribution in [3.8, 4) is 0 Å². The summed E-state index contributed by atoms with van der Waals surface area (Å²) in [5, 5.41) is 0. The standard InChI is InChI=1S/C45H77NO5.CH4/c1-33(2)16-14-17-34(3)40-23-24-41-39-22-21-36-32-38(25-27-44(36,5)42(39)26-28-45(40,41)6)50-31-12-9-10-18-37(19-11-13-30-49-35(4)47)51-43(48)20-15-29-46(7)8;/h11,13,21,33-34,37-42H,9-10,12,14-20,22-32H2,1-8H3;1H4/b13-11-;/t34-,37?,38+,39?,40-,41?,42?,44+,45-;/m1./s1. The van der Waals surface area contributed by atoms with Crippen LogP contribution in [0.1, 0.15) is 165 Å². The van der Waals surface area contributed by atoms with Crippen LogP contribution >= 0.6 is 0 Å². The van der Waals surface area contributed by atoms with Gasteiger partial charge in [-0.05, 0) is 144 Å². The lowest BCUT2D eigenvalue weighted by molar-refractivity contribution is -0.149. The highest BCUT2D eigenvalue weighted by molar-refractivity contribution is 5.69. The number of unbranched alkanes of at least 4 members (excludes halogenated alkanes) is 2. The number of ether oxygens (including phenoxy) is 3. The zero-order valence-electron chi connectivity index (χ0n) is 34.2. The second-order valence-electron chi connectivity index (χ2n) is 18.4. The fourth-order valence-corrected chi connectivity index (χ4v) is 11.2. The summed E-state index contributed by atoms with van der Waals surface area (Å²) in [5.41, 5.74) is 2.64. The molecule has 0 bridgehead atoms. The number of hydrogen-bond donors (Lipinski definition) is 0. The van der Waals surface area contributed by atoms with Gasteiger partial charge in [0.2, 0.25) is 0 Å². The lowest BCUT2D eigenvalue weighted by atomic mass is 9.47. The monoisotopic (exact) mass is 728 g/mol. The third-order valence-electron chi connectivity index (χ3n) is 14.0. The first-order chi connectivity index (χ1) is 24.3. The highest BCUT2D eigenvalue weighted by atomic mass is 16.5. The quantitative estimate of drug-likeness (QED) is 0.0666. The molecule has 0 aromatic heterocycles. The molecule has 0 aromatic rings. The minimum Gasteiger partial charge on any atom is -0.462 e. The van der Waals surface area contributed by atoms with Gasteiger partial charge in [-0.25, -0.2) is 0 Å². The predicted octanol–water partition coefficient (Wildman–Crippen LogP) is 11.4. The summed E-state index contributed by atoms with van der Waals surface area (Å²) in [6.45, 7) is 16.0. The first-order valence-corrected chi connectivity index (χ1v) is 21.3. The van der Waals surface area contributed by atoms with Crippen molar-refractivity contribution < 1.29 is 23.8 Å². The van der Waals surface area contributed by atoms with Crippen LogP contribution in [-0.4, -0.2) is 62.9 Å². The van der Waals surface area contributed by atoms with Crippen LogP contribution in [0.5, 0.6) is 0 Å². The molecule has 4 rings (SSSR count). The second-order valence-corrected chi connectivity index (χ2v) is 18.4. The first kappa shape index (κ1) is 44.7. The zero-order chi connectivity index (χ0) is 37.0. The summed E-state index contributed by atoms with van der Waals surface area (Å²) in [4.78, 5) is 25.7. The van der Waals surface area contributed by atoms with Crippen molar-refractivity contribution in [1.29, 1.82) is 0 Å². The molecule has 0 aromatic carbocycles. The largest absolute Gasteiger partial charge is 0.462 e. The molecule has 0 aliphatic heterocycles. The van der Waals surface area contributed by atoms with Crippen molar-refractivity contribution >= 4 is 11.9 Å². The van der Waals surface area contributed by atoms with E-state index in [1.165, 1.54) is 71.1 Å². The Balaban J connectivity index is 0.00000729. The molecule has 0 spiro atoms. The first-order valence-electron chi connectivity index (χ1n) is 21.3. The minimum absolute atomic E-state index is 0. The third kappa shape index (κ3) is 12.4. The molecule has 3 fully saturated rings. The minimum atomic E-state index is -0.288. The lowest BCUT2D eigenvalue weighted by Gasteiger charge is -2.58. The molecule has 4 aliphatic carbocycles. The van der Waals surface area contributed by atoms with Gasteiger partial charge in [-0.15, -0.1) is 0 Å². The van der Waals surface area contributed by atoms with E-state index in [1.807, 2.05) is 26.2 Å². The fourth-order valence-electron chi connectivity index (χ4n) is 11.2. The van der Waals surface area contributed by atoms with Crippen LogP contribution in [0.4, 0.5) is 0 Å². The van der Waals surface area contributed by atoms with Crippen molar-refractivity contribution in [2.24, 2.45) is 46.3 Å². The summed E-state index contributed by atoms with van der Waals surface area (Å²) < 4.78 is 17.4. The van der Waals surface area contributed by atoms with Gasteiger partial charge in [0.05, 0.1) is 6.10 Å². The third-order valence-corrected chi connectivity index (χ3v) is 14.0. The van der Waals surface area contributed by atoms with Crippen molar-refractivity contribution in [3.05, 3.63) is 23.8 Å². The molecule has 4 unspecified atom stereocenters. The number of carbonyl (C=O) groups excluding carboxylic acids is 2. The molecule has 52 heavy (non-hydrogen) atoms. The summed E-state index contributed by atoms with van der Waals surface area (Å²) in [6.07, 6.45) is 27.5. The van der Waals surface area contributed by atoms with Gasteiger partial charge >= 0.3 is 11.9 Å². The van der Waals surface area contributed by atoms with Gasteiger partial charge in [0.15, 0.2) is 0 Å². The predicted molar refractivity (Wildman–Crippen MR) is 216 cm³/mol. The van der Waals surface area contributed by atoms with E-state index in [4.69, 9.17) is 14.2 Å². The van der Waals surface area contributed by atoms with Gasteiger partial charge < -0.3 is 19.1 Å². The van der Waals surface area contributed by atoms with E-state index in [2.05, 4.69) is 45.6 Å². The van der Waals surface area contributed by atoms with Crippen LogP contribution in [0, 0.1) is 46.3 Å². The maximum absolute atomic E-state index is 12.5. The van der Waals surface area contributed by atoms with Crippen LogP contribution in [0.25, 0.3) is 0 Å². The van der Waals surface area contributed by atoms with E-state index in [1.54, 1.807) is 5.57 Å². The Hall–Kier alpha value is -1.66. The van der Waals surface area contributed by atoms with Crippen molar-refractivity contribution in [1.82, 2.24) is 4.90 Å². The molecule has 0 amide bonds. The van der Waals surface area contributed by atoms with Gasteiger partial charge in [-0.1, -0.05) is 91.5 Å². The number of fused-ring (bicyclic) bond motifs is 5. The fraction of sp³-hybridized carbons (Fsp3) is 0.870. The van der Waals surface area contributed by atoms with Gasteiger partial charge in [-0.2, -0.15) is 0 Å². The highest BCUT2D eigenvalue weighted by Crippen LogP contribution is 2.67. The number of allylic oxidation sites excluding steroid dienone is 1. The number of hydrogen-bond acceptors (Lipinski definition) is 6. The molecule has 0 radical (unpaired) electrons. The highest BCUT2D eigenvalue weighted by Gasteiger charge is 2.59. The molecule has 6 nitrogen and oxygen atoms in total.